The lowest BCUT2D eigenvalue weighted by Gasteiger charge is -2.44. The summed E-state index contributed by atoms with van der Waals surface area (Å²) in [5.41, 5.74) is 2.35. The summed E-state index contributed by atoms with van der Waals surface area (Å²) < 4.78 is 0. The topological polar surface area (TPSA) is 12.9 Å². The van der Waals surface area contributed by atoms with Gasteiger partial charge in [0, 0.05) is 16.5 Å². The van der Waals surface area contributed by atoms with Gasteiger partial charge in [-0.05, 0) is 55.5 Å². The number of halogens is 1. The first-order valence-electron chi connectivity index (χ1n) is 12.3. The number of hydrogen-bond donors (Lipinski definition) is 0. The number of rotatable bonds is 5. The largest absolute Gasteiger partial charge is 0.265 e. The molecule has 5 rings (SSSR count). The maximum atomic E-state index is 6.12. The second-order valence-corrected chi connectivity index (χ2v) is 15.2. The van der Waals surface area contributed by atoms with Crippen molar-refractivity contribution in [3.05, 3.63) is 132 Å². The van der Waals surface area contributed by atoms with Crippen LogP contribution >= 0.6 is 11.6 Å². The number of benzene rings is 4. The van der Waals surface area contributed by atoms with Crippen molar-refractivity contribution in [1.82, 2.24) is 4.98 Å². The number of fused-ring (bicyclic) bond motifs is 1. The van der Waals surface area contributed by atoms with Gasteiger partial charge in [0.2, 0.25) is 0 Å². The Morgan fingerprint density at radius 2 is 1.36 bits per heavy atom. The Bertz CT molecular complexity index is 1510. The Labute approximate surface area is 220 Å². The van der Waals surface area contributed by atoms with E-state index in [2.05, 4.69) is 130 Å². The highest BCUT2D eigenvalue weighted by atomic mass is 35.5. The molecule has 1 heterocycles. The Hall–Kier alpha value is -3.46. The second-order valence-electron chi connectivity index (χ2n) is 10.2. The van der Waals surface area contributed by atoms with Crippen LogP contribution in [-0.2, 0) is 0 Å². The lowest BCUT2D eigenvalue weighted by atomic mass is 10.1. The van der Waals surface area contributed by atoms with Crippen LogP contribution in [0.15, 0.2) is 115 Å². The molecule has 0 aliphatic carbocycles. The Kier molecular flexibility index (Phi) is 6.66. The van der Waals surface area contributed by atoms with Crippen molar-refractivity contribution in [2.75, 3.05) is 0 Å². The van der Waals surface area contributed by atoms with E-state index in [0.29, 0.717) is 0 Å². The molecule has 0 radical (unpaired) electrons. The standard InChI is InChI=1S/C33H30ClNSi/c1-33(2,3)36(29-13-5-4-6-14-29,32-30-15-9-7-11-26(30)23-24-35-32)31-16-10-8-12-27(31)20-17-25-18-21-28(34)22-19-25/h4-24H,1-3H3/b20-17+/t36-/m1/s1. The van der Waals surface area contributed by atoms with E-state index in [9.17, 15) is 0 Å². The number of aromatic nitrogens is 1. The quantitative estimate of drug-likeness (QED) is 0.181. The number of hydrogen-bond acceptors (Lipinski definition) is 1. The van der Waals surface area contributed by atoms with Crippen molar-refractivity contribution in [2.45, 2.75) is 25.8 Å². The van der Waals surface area contributed by atoms with Gasteiger partial charge in [0.15, 0.2) is 8.07 Å². The summed E-state index contributed by atoms with van der Waals surface area (Å²) in [6.45, 7) is 7.15. The van der Waals surface area contributed by atoms with Crippen molar-refractivity contribution >= 4 is 58.3 Å². The summed E-state index contributed by atoms with van der Waals surface area (Å²) in [4.78, 5) is 5.19. The van der Waals surface area contributed by atoms with Crippen LogP contribution in [0.3, 0.4) is 0 Å². The van der Waals surface area contributed by atoms with Crippen molar-refractivity contribution in [1.29, 1.82) is 0 Å². The Morgan fingerprint density at radius 1 is 0.694 bits per heavy atom. The van der Waals surface area contributed by atoms with E-state index >= 15 is 0 Å². The van der Waals surface area contributed by atoms with Crippen LogP contribution in [0.1, 0.15) is 31.9 Å². The molecule has 1 nitrogen and oxygen atoms in total. The van der Waals surface area contributed by atoms with Crippen molar-refractivity contribution < 1.29 is 0 Å². The summed E-state index contributed by atoms with van der Waals surface area (Å²) in [6.07, 6.45) is 6.42. The maximum absolute atomic E-state index is 6.12. The van der Waals surface area contributed by atoms with Crippen LogP contribution in [0.4, 0.5) is 0 Å². The molecule has 0 spiro atoms. The maximum Gasteiger partial charge on any atom is 0.178 e. The predicted molar refractivity (Wildman–Crippen MR) is 159 cm³/mol. The first-order valence-corrected chi connectivity index (χ1v) is 14.7. The predicted octanol–water partition coefficient (Wildman–Crippen LogP) is 7.33. The number of nitrogens with zero attached hydrogens (tertiary/aromatic N) is 1. The Morgan fingerprint density at radius 3 is 2.11 bits per heavy atom. The van der Waals surface area contributed by atoms with Crippen LogP contribution < -0.4 is 15.7 Å². The molecular formula is C33H30ClNSi. The van der Waals surface area contributed by atoms with Crippen LogP contribution in [0, 0.1) is 0 Å². The fourth-order valence-electron chi connectivity index (χ4n) is 5.46. The van der Waals surface area contributed by atoms with E-state index in [4.69, 9.17) is 16.6 Å². The summed E-state index contributed by atoms with van der Waals surface area (Å²) >= 11 is 6.12. The van der Waals surface area contributed by atoms with Crippen molar-refractivity contribution in [3.8, 4) is 0 Å². The molecule has 0 fully saturated rings. The van der Waals surface area contributed by atoms with Gasteiger partial charge in [0.25, 0.3) is 0 Å². The minimum atomic E-state index is -2.67. The second kappa shape index (κ2) is 9.89. The monoisotopic (exact) mass is 503 g/mol. The first-order chi connectivity index (χ1) is 17.4. The van der Waals surface area contributed by atoms with Gasteiger partial charge < -0.3 is 0 Å². The minimum absolute atomic E-state index is 0.0598. The normalized spacial score (nSPS) is 13.7. The zero-order valence-corrected chi connectivity index (χ0v) is 22.7. The molecule has 0 N–H and O–H groups in total. The lowest BCUT2D eigenvalue weighted by molar-refractivity contribution is 0.738. The van der Waals surface area contributed by atoms with Crippen LogP contribution in [0.5, 0.6) is 0 Å². The highest BCUT2D eigenvalue weighted by molar-refractivity contribution is 7.14. The van der Waals surface area contributed by atoms with E-state index in [0.717, 1.165) is 10.6 Å². The fraction of sp³-hybridized carbons (Fsp3) is 0.121. The molecule has 0 amide bonds. The fourth-order valence-corrected chi connectivity index (χ4v) is 11.4. The third-order valence-electron chi connectivity index (χ3n) is 7.05. The molecule has 0 unspecified atom stereocenters. The first kappa shape index (κ1) is 24.2. The summed E-state index contributed by atoms with van der Waals surface area (Å²) in [6, 6.07) is 38.7. The van der Waals surface area contributed by atoms with E-state index in [1.54, 1.807) is 0 Å². The van der Waals surface area contributed by atoms with Gasteiger partial charge in [-0.2, -0.15) is 0 Å². The molecule has 36 heavy (non-hydrogen) atoms. The van der Waals surface area contributed by atoms with E-state index in [-0.39, 0.29) is 5.04 Å². The average Bonchev–Trinajstić information content (AvgIpc) is 2.89. The minimum Gasteiger partial charge on any atom is -0.265 e. The van der Waals surface area contributed by atoms with Gasteiger partial charge in [0.1, 0.15) is 0 Å². The number of pyridine rings is 1. The molecule has 0 aliphatic heterocycles. The van der Waals surface area contributed by atoms with E-state index < -0.39 is 8.07 Å². The molecule has 4 aromatic carbocycles. The van der Waals surface area contributed by atoms with Gasteiger partial charge in [-0.25, -0.2) is 0 Å². The van der Waals surface area contributed by atoms with Crippen molar-refractivity contribution in [3.63, 3.8) is 0 Å². The van der Waals surface area contributed by atoms with E-state index in [1.165, 1.54) is 32.0 Å². The lowest BCUT2D eigenvalue weighted by Crippen LogP contribution is -2.73. The van der Waals surface area contributed by atoms with Gasteiger partial charge in [-0.3, -0.25) is 4.98 Å². The summed E-state index contributed by atoms with van der Waals surface area (Å²) in [5, 5.41) is 7.11. The smallest absolute Gasteiger partial charge is 0.178 e. The Balaban J connectivity index is 1.85. The van der Waals surface area contributed by atoms with Crippen molar-refractivity contribution in [2.24, 2.45) is 0 Å². The molecule has 1 aromatic heterocycles. The van der Waals surface area contributed by atoms with Gasteiger partial charge in [-0.1, -0.05) is 136 Å². The average molecular weight is 504 g/mol. The van der Waals surface area contributed by atoms with Gasteiger partial charge in [0.05, 0.1) is 0 Å². The molecule has 5 aromatic rings. The van der Waals surface area contributed by atoms with Gasteiger partial charge in [-0.15, -0.1) is 0 Å². The zero-order chi connectivity index (χ0) is 25.2. The van der Waals surface area contributed by atoms with E-state index in [1.807, 2.05) is 18.3 Å². The molecule has 178 valence electrons. The van der Waals surface area contributed by atoms with Gasteiger partial charge >= 0.3 is 0 Å². The molecular weight excluding hydrogens is 474 g/mol. The highest BCUT2D eigenvalue weighted by Crippen LogP contribution is 2.37. The molecule has 3 heteroatoms. The summed E-state index contributed by atoms with van der Waals surface area (Å²) in [5.74, 6) is 0. The third-order valence-corrected chi connectivity index (χ3v) is 13.1. The van der Waals surface area contributed by atoms with Crippen LogP contribution in [0.2, 0.25) is 10.1 Å². The zero-order valence-electron chi connectivity index (χ0n) is 20.9. The SMILES string of the molecule is CC(C)(C)[Si@](c1ccccc1)(c1ccccc1/C=C/c1ccc(Cl)cc1)c1nccc2ccccc12. The molecule has 1 atom stereocenters. The highest BCUT2D eigenvalue weighted by Gasteiger charge is 2.52. The summed E-state index contributed by atoms with van der Waals surface area (Å²) in [7, 11) is -2.67. The molecule has 0 bridgehead atoms. The molecule has 0 aliphatic rings. The molecule has 0 saturated heterocycles. The molecule has 0 saturated carbocycles. The van der Waals surface area contributed by atoms with Crippen LogP contribution in [0.25, 0.3) is 22.9 Å². The third kappa shape index (κ3) is 4.32. The van der Waals surface area contributed by atoms with Crippen LogP contribution in [-0.4, -0.2) is 13.1 Å².